The molecule has 7 heteroatoms. The minimum absolute atomic E-state index is 0.189. The van der Waals surface area contributed by atoms with E-state index < -0.39 is 10.0 Å². The minimum atomic E-state index is -3.68. The molecule has 3 aromatic carbocycles. The van der Waals surface area contributed by atoms with Gasteiger partial charge in [0.2, 0.25) is 5.91 Å². The average molecular weight is 453 g/mol. The molecule has 0 bridgehead atoms. The van der Waals surface area contributed by atoms with Crippen LogP contribution in [-0.2, 0) is 21.2 Å². The molecule has 0 saturated carbocycles. The minimum Gasteiger partial charge on any atom is -0.323 e. The van der Waals surface area contributed by atoms with Gasteiger partial charge in [-0.15, -0.1) is 0 Å². The van der Waals surface area contributed by atoms with E-state index in [1.165, 1.54) is 22.5 Å². The van der Waals surface area contributed by atoms with Gasteiger partial charge >= 0.3 is 0 Å². The molecule has 1 aliphatic rings. The average Bonchev–Trinajstić information content (AvgIpc) is 2.78. The predicted molar refractivity (Wildman–Crippen MR) is 125 cm³/mol. The van der Waals surface area contributed by atoms with Gasteiger partial charge in [0.15, 0.2) is 0 Å². The van der Waals surface area contributed by atoms with Crippen LogP contribution in [0.4, 0.5) is 11.4 Å². The molecule has 158 valence electrons. The van der Waals surface area contributed by atoms with Crippen molar-refractivity contribution in [3.05, 3.63) is 95.0 Å². The number of sulfonamides is 1. The maximum atomic E-state index is 13.2. The van der Waals surface area contributed by atoms with Crippen molar-refractivity contribution in [2.45, 2.75) is 17.7 Å². The Morgan fingerprint density at radius 1 is 0.968 bits per heavy atom. The van der Waals surface area contributed by atoms with E-state index in [1.54, 1.807) is 24.3 Å². The number of hydrogen-bond donors (Lipinski definition) is 1. The highest BCUT2D eigenvalue weighted by Crippen LogP contribution is 2.32. The number of nitrogens with one attached hydrogen (secondary N) is 1. The molecule has 0 aromatic heterocycles. The van der Waals surface area contributed by atoms with Gasteiger partial charge in [-0.1, -0.05) is 48.0 Å². The smallest absolute Gasteiger partial charge is 0.264 e. The van der Waals surface area contributed by atoms with E-state index in [0.29, 0.717) is 17.3 Å². The van der Waals surface area contributed by atoms with Gasteiger partial charge < -0.3 is 5.32 Å². The van der Waals surface area contributed by atoms with Crippen molar-refractivity contribution in [1.82, 2.24) is 0 Å². The van der Waals surface area contributed by atoms with Crippen molar-refractivity contribution in [1.29, 1.82) is 0 Å². The molecule has 0 fully saturated rings. The quantitative estimate of drug-likeness (QED) is 0.545. The number of anilines is 2. The summed E-state index contributed by atoms with van der Waals surface area (Å²) in [6.07, 6.45) is 4.66. The fourth-order valence-electron chi connectivity index (χ4n) is 3.55. The molecule has 0 saturated heterocycles. The second kappa shape index (κ2) is 8.96. The zero-order chi connectivity index (χ0) is 21.8. The molecule has 0 radical (unpaired) electrons. The zero-order valence-electron chi connectivity index (χ0n) is 16.7. The van der Waals surface area contributed by atoms with Gasteiger partial charge in [0, 0.05) is 23.3 Å². The first-order valence-electron chi connectivity index (χ1n) is 9.89. The van der Waals surface area contributed by atoms with Crippen LogP contribution in [-0.4, -0.2) is 20.9 Å². The van der Waals surface area contributed by atoms with Crippen LogP contribution >= 0.6 is 11.6 Å². The van der Waals surface area contributed by atoms with Crippen molar-refractivity contribution in [2.24, 2.45) is 0 Å². The third-order valence-electron chi connectivity index (χ3n) is 5.10. The summed E-state index contributed by atoms with van der Waals surface area (Å²) in [5.74, 6) is -0.333. The van der Waals surface area contributed by atoms with Crippen LogP contribution in [0.15, 0.2) is 83.8 Å². The summed E-state index contributed by atoms with van der Waals surface area (Å²) < 4.78 is 27.8. The van der Waals surface area contributed by atoms with Crippen LogP contribution in [0.25, 0.3) is 6.08 Å². The number of nitrogens with zero attached hydrogens (tertiary/aromatic N) is 1. The number of para-hydroxylation sites is 1. The van der Waals surface area contributed by atoms with Crippen LogP contribution in [0.1, 0.15) is 17.5 Å². The first kappa shape index (κ1) is 21.2. The van der Waals surface area contributed by atoms with Crippen LogP contribution in [0, 0.1) is 0 Å². The van der Waals surface area contributed by atoms with Crippen LogP contribution in [0.3, 0.4) is 0 Å². The Morgan fingerprint density at radius 3 is 2.45 bits per heavy atom. The fourth-order valence-corrected chi connectivity index (χ4v) is 5.29. The lowest BCUT2D eigenvalue weighted by atomic mass is 10.0. The second-order valence-corrected chi connectivity index (χ2v) is 9.45. The predicted octanol–water partition coefficient (Wildman–Crippen LogP) is 5.13. The van der Waals surface area contributed by atoms with Crippen LogP contribution in [0.2, 0.25) is 5.02 Å². The van der Waals surface area contributed by atoms with Crippen molar-refractivity contribution in [3.8, 4) is 0 Å². The summed E-state index contributed by atoms with van der Waals surface area (Å²) in [4.78, 5) is 12.4. The molecule has 31 heavy (non-hydrogen) atoms. The van der Waals surface area contributed by atoms with Gasteiger partial charge in [-0.05, 0) is 66.4 Å². The maximum Gasteiger partial charge on any atom is 0.264 e. The Hall–Kier alpha value is -3.09. The number of hydrogen-bond acceptors (Lipinski definition) is 3. The van der Waals surface area contributed by atoms with Gasteiger partial charge in [-0.25, -0.2) is 8.42 Å². The summed E-state index contributed by atoms with van der Waals surface area (Å²) in [5.41, 5.74) is 3.01. The van der Waals surface area contributed by atoms with Crippen molar-refractivity contribution in [3.63, 3.8) is 0 Å². The number of fused-ring (bicyclic) bond motifs is 1. The molecule has 0 aliphatic carbocycles. The van der Waals surface area contributed by atoms with E-state index >= 15 is 0 Å². The highest BCUT2D eigenvalue weighted by molar-refractivity contribution is 7.92. The molecule has 0 spiro atoms. The highest BCUT2D eigenvalue weighted by atomic mass is 35.5. The first-order chi connectivity index (χ1) is 14.9. The number of rotatable bonds is 5. The molecule has 0 atom stereocenters. The molecule has 1 N–H and O–H groups in total. The van der Waals surface area contributed by atoms with E-state index in [2.05, 4.69) is 5.32 Å². The van der Waals surface area contributed by atoms with Gasteiger partial charge in [-0.2, -0.15) is 0 Å². The van der Waals surface area contributed by atoms with Gasteiger partial charge in [0.1, 0.15) is 0 Å². The fraction of sp³-hybridized carbons (Fsp3) is 0.125. The zero-order valence-corrected chi connectivity index (χ0v) is 18.2. The molecule has 0 unspecified atom stereocenters. The molecule has 1 amide bonds. The Morgan fingerprint density at radius 2 is 1.68 bits per heavy atom. The van der Waals surface area contributed by atoms with E-state index in [9.17, 15) is 13.2 Å². The molecular formula is C24H21ClN2O3S. The number of aryl methyl sites for hydroxylation is 1. The monoisotopic (exact) mass is 452 g/mol. The van der Waals surface area contributed by atoms with E-state index in [1.807, 2.05) is 42.5 Å². The Kier molecular flexibility index (Phi) is 6.11. The normalized spacial score (nSPS) is 13.8. The van der Waals surface area contributed by atoms with Crippen molar-refractivity contribution in [2.75, 3.05) is 16.2 Å². The standard InChI is InChI=1S/C24H21ClN2O3S/c25-22-9-3-1-6-18(22)11-16-24(28)26-20-12-14-21(15-13-20)31(29,30)27-17-5-8-19-7-2-4-10-23(19)27/h1-4,6-7,9-16H,5,8,17H2,(H,26,28)/b16-11+. The molecule has 5 nitrogen and oxygen atoms in total. The third kappa shape index (κ3) is 4.65. The topological polar surface area (TPSA) is 66.5 Å². The highest BCUT2D eigenvalue weighted by Gasteiger charge is 2.28. The van der Waals surface area contributed by atoms with Gasteiger partial charge in [0.25, 0.3) is 10.0 Å². The van der Waals surface area contributed by atoms with E-state index in [0.717, 1.165) is 29.7 Å². The second-order valence-electron chi connectivity index (χ2n) is 7.18. The third-order valence-corrected chi connectivity index (χ3v) is 7.27. The molecule has 1 heterocycles. The Bertz CT molecular complexity index is 1240. The number of carbonyl (C=O) groups excluding carboxylic acids is 1. The molecular weight excluding hydrogens is 432 g/mol. The van der Waals surface area contributed by atoms with Crippen molar-refractivity contribution < 1.29 is 13.2 Å². The summed E-state index contributed by atoms with van der Waals surface area (Å²) >= 11 is 6.08. The summed E-state index contributed by atoms with van der Waals surface area (Å²) in [7, 11) is -3.68. The number of amides is 1. The lowest BCUT2D eigenvalue weighted by molar-refractivity contribution is -0.111. The number of carbonyl (C=O) groups is 1. The molecule has 3 aromatic rings. The van der Waals surface area contributed by atoms with Gasteiger partial charge in [-0.3, -0.25) is 9.10 Å². The maximum absolute atomic E-state index is 13.2. The summed E-state index contributed by atoms with van der Waals surface area (Å²) in [6, 6.07) is 21.0. The largest absolute Gasteiger partial charge is 0.323 e. The lowest BCUT2D eigenvalue weighted by Gasteiger charge is -2.30. The molecule has 4 rings (SSSR count). The van der Waals surface area contributed by atoms with Crippen molar-refractivity contribution >= 4 is 45.0 Å². The van der Waals surface area contributed by atoms with E-state index in [-0.39, 0.29) is 10.8 Å². The lowest BCUT2D eigenvalue weighted by Crippen LogP contribution is -2.35. The first-order valence-corrected chi connectivity index (χ1v) is 11.7. The Balaban J connectivity index is 1.48. The summed E-state index contributed by atoms with van der Waals surface area (Å²) in [6.45, 7) is 0.449. The molecule has 1 aliphatic heterocycles. The van der Waals surface area contributed by atoms with E-state index in [4.69, 9.17) is 11.6 Å². The summed E-state index contributed by atoms with van der Waals surface area (Å²) in [5, 5.41) is 3.28. The van der Waals surface area contributed by atoms with Crippen LogP contribution < -0.4 is 9.62 Å². The number of halogens is 1. The van der Waals surface area contributed by atoms with Crippen LogP contribution in [0.5, 0.6) is 0 Å². The number of benzene rings is 3. The SMILES string of the molecule is O=C(/C=C/c1ccccc1Cl)Nc1ccc(S(=O)(=O)N2CCCc3ccccc32)cc1. The Labute approximate surface area is 187 Å². The van der Waals surface area contributed by atoms with Gasteiger partial charge in [0.05, 0.1) is 10.6 Å².